The van der Waals surface area contributed by atoms with E-state index in [1.54, 1.807) is 22.8 Å². The van der Waals surface area contributed by atoms with Crippen molar-refractivity contribution in [2.45, 2.75) is 31.8 Å². The van der Waals surface area contributed by atoms with Gasteiger partial charge < -0.3 is 10.2 Å². The first-order valence-electron chi connectivity index (χ1n) is 10.1. The van der Waals surface area contributed by atoms with Gasteiger partial charge in [0, 0.05) is 32.4 Å². The Labute approximate surface area is 194 Å². The predicted octanol–water partition coefficient (Wildman–Crippen LogP) is 2.13. The zero-order valence-electron chi connectivity index (χ0n) is 17.5. The third-order valence-electron chi connectivity index (χ3n) is 5.81. The first-order chi connectivity index (χ1) is 15.2. The highest BCUT2D eigenvalue weighted by molar-refractivity contribution is 6.43. The van der Waals surface area contributed by atoms with Gasteiger partial charge in [-0.05, 0) is 31.9 Å². The first kappa shape index (κ1) is 22.3. The molecule has 0 radical (unpaired) electrons. The molecule has 0 spiro atoms. The van der Waals surface area contributed by atoms with Crippen LogP contribution in [0.15, 0.2) is 24.5 Å². The maximum Gasteiger partial charge on any atom is 0.262 e. The van der Waals surface area contributed by atoms with E-state index in [-0.39, 0.29) is 39.0 Å². The van der Waals surface area contributed by atoms with Crippen LogP contribution in [-0.2, 0) is 11.8 Å². The number of benzene rings is 1. The maximum absolute atomic E-state index is 13.0. The fraction of sp³-hybridized carbons (Fsp3) is 0.381. The van der Waals surface area contributed by atoms with Crippen molar-refractivity contribution in [2.75, 3.05) is 13.1 Å². The lowest BCUT2D eigenvalue weighted by Crippen LogP contribution is -2.53. The Morgan fingerprint density at radius 1 is 1.09 bits per heavy atom. The molecule has 4 amide bonds. The monoisotopic (exact) mass is 477 g/mol. The van der Waals surface area contributed by atoms with Crippen LogP contribution in [-0.4, -0.2) is 68.4 Å². The number of piperidine rings is 1. The van der Waals surface area contributed by atoms with E-state index in [2.05, 4.69) is 10.4 Å². The number of imide groups is 1. The van der Waals surface area contributed by atoms with Crippen molar-refractivity contribution < 1.29 is 19.2 Å². The van der Waals surface area contributed by atoms with Crippen LogP contribution in [0.4, 0.5) is 0 Å². The minimum Gasteiger partial charge on any atom is -0.349 e. The van der Waals surface area contributed by atoms with Crippen LogP contribution in [0.25, 0.3) is 0 Å². The van der Waals surface area contributed by atoms with Gasteiger partial charge >= 0.3 is 0 Å². The van der Waals surface area contributed by atoms with E-state index in [1.807, 2.05) is 0 Å². The van der Waals surface area contributed by atoms with Gasteiger partial charge in [0.05, 0.1) is 32.9 Å². The molecule has 11 heteroatoms. The van der Waals surface area contributed by atoms with Crippen molar-refractivity contribution in [3.8, 4) is 0 Å². The van der Waals surface area contributed by atoms with Crippen molar-refractivity contribution in [3.05, 3.63) is 51.3 Å². The van der Waals surface area contributed by atoms with Gasteiger partial charge in [0.1, 0.15) is 6.04 Å². The molecule has 0 saturated carbocycles. The molecule has 2 aliphatic rings. The highest BCUT2D eigenvalue weighted by Crippen LogP contribution is 2.32. The molecular formula is C21H21Cl2N5O4. The summed E-state index contributed by atoms with van der Waals surface area (Å²) in [5, 5.41) is 7.28. The molecule has 2 aliphatic heterocycles. The molecule has 1 fully saturated rings. The second-order valence-electron chi connectivity index (χ2n) is 7.94. The average molecular weight is 478 g/mol. The van der Waals surface area contributed by atoms with E-state index >= 15 is 0 Å². The standard InChI is InChI=1S/C21H21Cl2N5O4/c1-11(28-20(31)14-7-16(22)17(23)8-15(14)21(28)32)19(30)27-5-3-13(4-6-27)25-18(29)12-9-24-26(2)10-12/h7-11,13H,3-6H2,1-2H3,(H,25,29). The van der Waals surface area contributed by atoms with Gasteiger partial charge in [-0.15, -0.1) is 0 Å². The van der Waals surface area contributed by atoms with Gasteiger partial charge in [-0.2, -0.15) is 5.10 Å². The Bertz CT molecular complexity index is 1080. The van der Waals surface area contributed by atoms with Crippen molar-refractivity contribution in [2.24, 2.45) is 7.05 Å². The SMILES string of the molecule is CC(C(=O)N1CCC(NC(=O)c2cnn(C)c2)CC1)N1C(=O)c2cc(Cl)c(Cl)cc2C1=O. The Hall–Kier alpha value is -2.91. The molecule has 1 atom stereocenters. The number of carbonyl (C=O) groups is 4. The van der Waals surface area contributed by atoms with E-state index < -0.39 is 17.9 Å². The Kier molecular flexibility index (Phi) is 5.96. The summed E-state index contributed by atoms with van der Waals surface area (Å²) in [6.45, 7) is 2.34. The summed E-state index contributed by atoms with van der Waals surface area (Å²) in [7, 11) is 1.74. The number of hydrogen-bond acceptors (Lipinski definition) is 5. The third kappa shape index (κ3) is 3.98. The first-order valence-corrected chi connectivity index (χ1v) is 10.9. The number of hydrogen-bond donors (Lipinski definition) is 1. The lowest BCUT2D eigenvalue weighted by atomic mass is 10.0. The lowest BCUT2D eigenvalue weighted by molar-refractivity contribution is -0.136. The number of aryl methyl sites for hydroxylation is 1. The van der Waals surface area contributed by atoms with Crippen molar-refractivity contribution in [3.63, 3.8) is 0 Å². The van der Waals surface area contributed by atoms with Crippen LogP contribution in [0, 0.1) is 0 Å². The zero-order valence-corrected chi connectivity index (χ0v) is 19.0. The molecule has 2 aromatic rings. The topological polar surface area (TPSA) is 105 Å². The highest BCUT2D eigenvalue weighted by Gasteiger charge is 2.42. The van der Waals surface area contributed by atoms with Gasteiger partial charge in [-0.3, -0.25) is 28.8 Å². The predicted molar refractivity (Wildman–Crippen MR) is 117 cm³/mol. The van der Waals surface area contributed by atoms with Crippen molar-refractivity contribution in [1.82, 2.24) is 24.9 Å². The summed E-state index contributed by atoms with van der Waals surface area (Å²) >= 11 is 12.0. The van der Waals surface area contributed by atoms with Crippen LogP contribution < -0.4 is 5.32 Å². The van der Waals surface area contributed by atoms with Gasteiger partial charge in [-0.1, -0.05) is 23.2 Å². The average Bonchev–Trinajstić information content (AvgIpc) is 3.30. The smallest absolute Gasteiger partial charge is 0.262 e. The minimum absolute atomic E-state index is 0.0781. The summed E-state index contributed by atoms with van der Waals surface area (Å²) < 4.78 is 1.55. The van der Waals surface area contributed by atoms with E-state index in [0.29, 0.717) is 31.5 Å². The van der Waals surface area contributed by atoms with Crippen molar-refractivity contribution in [1.29, 1.82) is 0 Å². The molecule has 32 heavy (non-hydrogen) atoms. The Balaban J connectivity index is 1.37. The summed E-state index contributed by atoms with van der Waals surface area (Å²) in [6, 6.07) is 1.66. The molecule has 0 bridgehead atoms. The summed E-state index contributed by atoms with van der Waals surface area (Å²) in [4.78, 5) is 53.5. The summed E-state index contributed by atoms with van der Waals surface area (Å²) in [5.74, 6) is -1.67. The fourth-order valence-electron chi connectivity index (χ4n) is 4.03. The summed E-state index contributed by atoms with van der Waals surface area (Å²) in [6.07, 6.45) is 4.27. The number of nitrogens with one attached hydrogen (secondary N) is 1. The van der Waals surface area contributed by atoms with E-state index in [1.165, 1.54) is 25.3 Å². The lowest BCUT2D eigenvalue weighted by Gasteiger charge is -2.35. The molecule has 4 rings (SSSR count). The van der Waals surface area contributed by atoms with Gasteiger partial charge in [-0.25, -0.2) is 0 Å². The number of carbonyl (C=O) groups excluding carboxylic acids is 4. The molecule has 0 aliphatic carbocycles. The molecule has 1 aromatic carbocycles. The molecule has 1 unspecified atom stereocenters. The number of rotatable bonds is 4. The maximum atomic E-state index is 13.0. The van der Waals surface area contributed by atoms with E-state index in [0.717, 1.165) is 4.90 Å². The molecule has 1 N–H and O–H groups in total. The molecule has 168 valence electrons. The summed E-state index contributed by atoms with van der Waals surface area (Å²) in [5.41, 5.74) is 0.757. The van der Waals surface area contributed by atoms with Crippen LogP contribution in [0.2, 0.25) is 10.0 Å². The normalized spacial score (nSPS) is 17.5. The van der Waals surface area contributed by atoms with Crippen LogP contribution in [0.1, 0.15) is 50.8 Å². The number of amides is 4. The molecule has 1 saturated heterocycles. The Morgan fingerprint density at radius 2 is 1.66 bits per heavy atom. The highest BCUT2D eigenvalue weighted by atomic mass is 35.5. The van der Waals surface area contributed by atoms with Gasteiger partial charge in [0.15, 0.2) is 0 Å². The van der Waals surface area contributed by atoms with Crippen LogP contribution >= 0.6 is 23.2 Å². The zero-order chi connectivity index (χ0) is 23.2. The molecule has 9 nitrogen and oxygen atoms in total. The molecule has 3 heterocycles. The molecule has 1 aromatic heterocycles. The number of fused-ring (bicyclic) bond motifs is 1. The number of likely N-dealkylation sites (tertiary alicyclic amines) is 1. The van der Waals surface area contributed by atoms with Crippen molar-refractivity contribution >= 4 is 46.8 Å². The number of aromatic nitrogens is 2. The second-order valence-corrected chi connectivity index (χ2v) is 8.76. The van der Waals surface area contributed by atoms with Gasteiger partial charge in [0.2, 0.25) is 5.91 Å². The van der Waals surface area contributed by atoms with Gasteiger partial charge in [0.25, 0.3) is 17.7 Å². The quantitative estimate of drug-likeness (QED) is 0.679. The molecular weight excluding hydrogens is 457 g/mol. The third-order valence-corrected chi connectivity index (χ3v) is 6.53. The fourth-order valence-corrected chi connectivity index (χ4v) is 4.36. The Morgan fingerprint density at radius 3 is 2.16 bits per heavy atom. The second kappa shape index (κ2) is 8.55. The van der Waals surface area contributed by atoms with E-state index in [9.17, 15) is 19.2 Å². The number of nitrogens with zero attached hydrogens (tertiary/aromatic N) is 4. The van der Waals surface area contributed by atoms with Crippen LogP contribution in [0.5, 0.6) is 0 Å². The minimum atomic E-state index is -0.971. The number of halogens is 2. The largest absolute Gasteiger partial charge is 0.349 e. The van der Waals surface area contributed by atoms with E-state index in [4.69, 9.17) is 23.2 Å². The van der Waals surface area contributed by atoms with Crippen LogP contribution in [0.3, 0.4) is 0 Å².